The molecule has 2 saturated carbocycles. The van der Waals surface area contributed by atoms with Crippen LogP contribution in [-0.4, -0.2) is 60.7 Å². The molecule has 0 N–H and O–H groups in total. The van der Waals surface area contributed by atoms with Crippen molar-refractivity contribution in [1.29, 1.82) is 0 Å². The van der Waals surface area contributed by atoms with Crippen molar-refractivity contribution in [2.45, 2.75) is 74.8 Å². The molecule has 0 spiro atoms. The van der Waals surface area contributed by atoms with Crippen molar-refractivity contribution in [1.82, 2.24) is 9.78 Å². The van der Waals surface area contributed by atoms with Crippen LogP contribution in [0.4, 0.5) is 23.4 Å². The average molecular weight is 575 g/mol. The molecule has 38 heavy (non-hydrogen) atoms. The molecule has 0 unspecified atom stereocenters. The molecule has 0 amide bonds. The number of sulfone groups is 1. The number of Topliss-reactive ketones (excluding diaryl/α,β-unsaturated/α-hetero) is 1. The summed E-state index contributed by atoms with van der Waals surface area (Å²) in [6, 6.07) is 3.42. The minimum atomic E-state index is -3.81. The number of aromatic nitrogens is 2. The van der Waals surface area contributed by atoms with Crippen LogP contribution < -0.4 is 4.74 Å². The molecule has 2 heterocycles. The predicted octanol–water partition coefficient (Wildman–Crippen LogP) is 4.44. The molecular weight excluding hydrogens is 548 g/mol. The Kier molecular flexibility index (Phi) is 7.49. The minimum absolute atomic E-state index is 0.126. The molecule has 0 aliphatic heterocycles. The summed E-state index contributed by atoms with van der Waals surface area (Å²) in [5, 5.41) is 3.77. The van der Waals surface area contributed by atoms with Crippen LogP contribution in [0.5, 0.6) is 5.88 Å². The lowest BCUT2D eigenvalue weighted by molar-refractivity contribution is -0.119. The van der Waals surface area contributed by atoms with Gasteiger partial charge in [-0.05, 0) is 50.0 Å². The summed E-state index contributed by atoms with van der Waals surface area (Å²) < 4.78 is 84.2. The molecule has 0 bridgehead atoms. The van der Waals surface area contributed by atoms with Gasteiger partial charge in [-0.2, -0.15) is 13.8 Å². The van der Waals surface area contributed by atoms with Crippen LogP contribution in [-0.2, 0) is 40.9 Å². The lowest BCUT2D eigenvalue weighted by Gasteiger charge is -2.29. The summed E-state index contributed by atoms with van der Waals surface area (Å²) >= 11 is 1.28. The van der Waals surface area contributed by atoms with E-state index in [-0.39, 0.29) is 72.2 Å². The molecule has 0 aromatic carbocycles. The number of carbonyl (C=O) groups is 1. The van der Waals surface area contributed by atoms with E-state index in [9.17, 15) is 30.8 Å². The van der Waals surface area contributed by atoms with Gasteiger partial charge in [0.25, 0.3) is 0 Å². The van der Waals surface area contributed by atoms with Crippen LogP contribution in [0.2, 0.25) is 0 Å². The third-order valence-corrected chi connectivity index (χ3v) is 10.6. The molecule has 2 fully saturated rings. The van der Waals surface area contributed by atoms with E-state index in [0.717, 1.165) is 4.88 Å². The van der Waals surface area contributed by atoms with Gasteiger partial charge in [-0.3, -0.25) is 4.79 Å². The molecule has 206 valence electrons. The van der Waals surface area contributed by atoms with Crippen molar-refractivity contribution in [2.75, 3.05) is 5.75 Å². The largest absolute Gasteiger partial charge is 0.415 e. The quantitative estimate of drug-likeness (QED) is 0.309. The van der Waals surface area contributed by atoms with Gasteiger partial charge in [0.1, 0.15) is 18.1 Å². The number of alkyl halides is 4. The van der Waals surface area contributed by atoms with Gasteiger partial charge >= 0.3 is 6.61 Å². The van der Waals surface area contributed by atoms with E-state index in [1.54, 1.807) is 0 Å². The Bertz CT molecular complexity index is 1390. The number of carbonyl (C=O) groups excluding carboxylic acids is 1. The second kappa shape index (κ2) is 10.5. The monoisotopic (exact) mass is 574 g/mol. The molecule has 3 aliphatic rings. The predicted molar refractivity (Wildman–Crippen MR) is 131 cm³/mol. The summed E-state index contributed by atoms with van der Waals surface area (Å²) in [5.74, 6) is -1.53. The topological polar surface area (TPSA) is 103 Å². The van der Waals surface area contributed by atoms with E-state index in [4.69, 9.17) is 0 Å². The Morgan fingerprint density at radius 3 is 2.71 bits per heavy atom. The maximum Gasteiger partial charge on any atom is 0.388 e. The number of halogens is 4. The zero-order valence-electron chi connectivity index (χ0n) is 20.4. The van der Waals surface area contributed by atoms with Crippen molar-refractivity contribution in [3.63, 3.8) is 0 Å². The van der Waals surface area contributed by atoms with Gasteiger partial charge in [0.2, 0.25) is 5.88 Å². The number of rotatable bonds is 10. The Morgan fingerprint density at radius 1 is 1.32 bits per heavy atom. The Labute approximate surface area is 220 Å². The Hall–Kier alpha value is -2.57. The number of nitrogens with zero attached hydrogens (tertiary/aromatic N) is 4. The van der Waals surface area contributed by atoms with Gasteiger partial charge in [-0.15, -0.1) is 16.4 Å². The minimum Gasteiger partial charge on any atom is -0.415 e. The molecule has 14 heteroatoms. The molecule has 3 aliphatic carbocycles. The summed E-state index contributed by atoms with van der Waals surface area (Å²) in [5.41, 5.74) is 0.608. The highest BCUT2D eigenvalue weighted by Gasteiger charge is 2.44. The smallest absolute Gasteiger partial charge is 0.388 e. The summed E-state index contributed by atoms with van der Waals surface area (Å²) in [7, 11) is -2.31. The molecule has 5 rings (SSSR count). The van der Waals surface area contributed by atoms with E-state index in [1.807, 2.05) is 0 Å². The number of ether oxygens (including phenoxy) is 1. The number of aryl methyl sites for hydroxylation is 2. The summed E-state index contributed by atoms with van der Waals surface area (Å²) in [6.45, 7) is -3.02. The summed E-state index contributed by atoms with van der Waals surface area (Å²) in [6.07, 6.45) is -0.289. The van der Waals surface area contributed by atoms with Crippen LogP contribution in [0.25, 0.3) is 0 Å². The van der Waals surface area contributed by atoms with Crippen molar-refractivity contribution in [3.05, 3.63) is 21.4 Å². The van der Waals surface area contributed by atoms with Crippen molar-refractivity contribution >= 4 is 38.8 Å². The second-order valence-electron chi connectivity index (χ2n) is 10.1. The fraction of sp³-hybridized carbons (Fsp3) is 0.625. The lowest BCUT2D eigenvalue weighted by Crippen LogP contribution is -2.31. The number of thiophene rings is 1. The fourth-order valence-electron chi connectivity index (χ4n) is 5.00. The van der Waals surface area contributed by atoms with Crippen molar-refractivity contribution in [3.8, 4) is 5.88 Å². The van der Waals surface area contributed by atoms with Gasteiger partial charge in [0, 0.05) is 29.3 Å². The van der Waals surface area contributed by atoms with Crippen LogP contribution in [0.1, 0.15) is 41.0 Å². The summed E-state index contributed by atoms with van der Waals surface area (Å²) in [4.78, 5) is 22.3. The molecule has 8 nitrogen and oxygen atoms in total. The van der Waals surface area contributed by atoms with E-state index >= 15 is 0 Å². The Morgan fingerprint density at radius 2 is 2.05 bits per heavy atom. The third kappa shape index (κ3) is 5.86. The lowest BCUT2D eigenvalue weighted by atomic mass is 9.85. The highest BCUT2D eigenvalue weighted by Crippen LogP contribution is 2.43. The number of hydrogen-bond acceptors (Lipinski definition) is 8. The highest BCUT2D eigenvalue weighted by molar-refractivity contribution is 7.91. The second-order valence-corrected chi connectivity index (χ2v) is 13.2. The van der Waals surface area contributed by atoms with Gasteiger partial charge in [-0.25, -0.2) is 26.9 Å². The number of ketones is 1. The van der Waals surface area contributed by atoms with E-state index in [2.05, 4.69) is 25.8 Å². The fourth-order valence-corrected chi connectivity index (χ4v) is 8.89. The maximum absolute atomic E-state index is 13.5. The normalized spacial score (nSPS) is 26.3. The number of aliphatic imine (C=N–C) groups is 2. The first kappa shape index (κ1) is 27.0. The number of fused-ring (bicyclic) bond motifs is 1. The number of hydrogen-bond donors (Lipinski definition) is 0. The standard InChI is InChI=1S/C24H26F4N4O4S2/c1-32-21(9-22(31-32)36-24(27)28)30-11-29-14-2-3-19-16(6-14)23(38(34,35)10-12-4-13(25)5-12)20(37-19)8-18(33)15-7-17(15)26/h9,12-15,17,24H,2-8,10H2,1H3/t12?,13?,14-,15-,17-/m0/s1. The molecule has 3 atom stereocenters. The van der Waals surface area contributed by atoms with Gasteiger partial charge in [0.05, 0.1) is 28.6 Å². The van der Waals surface area contributed by atoms with Crippen LogP contribution >= 0.6 is 11.3 Å². The SMILES string of the molecule is Cn1nc(OC(F)F)cc1N=C=N[C@H]1CCc2sc(CC(=O)[C@H]3C[C@@H]3F)c(S(=O)(=O)CC3CC(F)C3)c2C1. The van der Waals surface area contributed by atoms with Gasteiger partial charge in [0.15, 0.2) is 15.7 Å². The van der Waals surface area contributed by atoms with Crippen LogP contribution in [0.3, 0.4) is 0 Å². The Balaban J connectivity index is 1.38. The first-order valence-corrected chi connectivity index (χ1v) is 14.8. The molecule has 0 saturated heterocycles. The highest BCUT2D eigenvalue weighted by atomic mass is 32.2. The molecule has 2 aromatic rings. The first-order chi connectivity index (χ1) is 18.0. The van der Waals surface area contributed by atoms with Gasteiger partial charge < -0.3 is 4.74 Å². The zero-order chi connectivity index (χ0) is 27.2. The molecule has 2 aromatic heterocycles. The first-order valence-electron chi connectivity index (χ1n) is 12.3. The van der Waals surface area contributed by atoms with Crippen LogP contribution in [0.15, 0.2) is 20.9 Å². The van der Waals surface area contributed by atoms with Crippen molar-refractivity contribution in [2.24, 2.45) is 28.9 Å². The van der Waals surface area contributed by atoms with Crippen molar-refractivity contribution < 1.29 is 35.5 Å². The van der Waals surface area contributed by atoms with Crippen LogP contribution in [0, 0.1) is 11.8 Å². The molecular formula is C24H26F4N4O4S2. The van der Waals surface area contributed by atoms with E-state index < -0.39 is 34.7 Å². The van der Waals surface area contributed by atoms with Gasteiger partial charge in [-0.1, -0.05) is 0 Å². The van der Waals surface area contributed by atoms with E-state index in [1.165, 1.54) is 29.1 Å². The zero-order valence-corrected chi connectivity index (χ0v) is 22.1. The average Bonchev–Trinajstić information content (AvgIpc) is 3.28. The molecule has 0 radical (unpaired) electrons. The van der Waals surface area contributed by atoms with E-state index in [0.29, 0.717) is 23.3 Å². The maximum atomic E-state index is 13.5. The third-order valence-electron chi connectivity index (χ3n) is 7.11.